The summed E-state index contributed by atoms with van der Waals surface area (Å²) in [6.07, 6.45) is 0. The molecular weight excluding hydrogens is 262 g/mol. The minimum Gasteiger partial charge on any atom is -0.271 e. The van der Waals surface area contributed by atoms with Gasteiger partial charge in [-0.15, -0.1) is 0 Å². The van der Waals surface area contributed by atoms with Crippen LogP contribution in [0.25, 0.3) is 10.8 Å². The van der Waals surface area contributed by atoms with Gasteiger partial charge in [0.25, 0.3) is 11.8 Å². The second kappa shape index (κ2) is 4.42. The summed E-state index contributed by atoms with van der Waals surface area (Å²) in [6.45, 7) is 8.06. The van der Waals surface area contributed by atoms with E-state index in [9.17, 15) is 9.59 Å². The van der Waals surface area contributed by atoms with E-state index >= 15 is 0 Å². The minimum absolute atomic E-state index is 0.161. The Bertz CT molecular complexity index is 705. The predicted molar refractivity (Wildman–Crippen MR) is 83.4 cm³/mol. The fourth-order valence-corrected chi connectivity index (χ4v) is 2.79. The van der Waals surface area contributed by atoms with Crippen LogP contribution in [0.2, 0.25) is 0 Å². The summed E-state index contributed by atoms with van der Waals surface area (Å²) >= 11 is 0. The summed E-state index contributed by atoms with van der Waals surface area (Å²) in [6, 6.07) is 11.1. The second-order valence-corrected chi connectivity index (χ2v) is 6.73. The maximum atomic E-state index is 12.8. The SMILES string of the molecule is CC(N1C(=O)c2cccc3cccc(c23)C1=O)C(C)(C)C. The van der Waals surface area contributed by atoms with Crippen LogP contribution in [0.4, 0.5) is 0 Å². The topological polar surface area (TPSA) is 37.4 Å². The van der Waals surface area contributed by atoms with Gasteiger partial charge < -0.3 is 0 Å². The molecule has 1 heterocycles. The molecule has 0 fully saturated rings. The van der Waals surface area contributed by atoms with Crippen molar-refractivity contribution in [1.29, 1.82) is 0 Å². The van der Waals surface area contributed by atoms with Gasteiger partial charge in [-0.3, -0.25) is 14.5 Å². The number of nitrogens with zero attached hydrogens (tertiary/aromatic N) is 1. The maximum Gasteiger partial charge on any atom is 0.261 e. The molecule has 1 atom stereocenters. The first-order valence-corrected chi connectivity index (χ1v) is 7.22. The van der Waals surface area contributed by atoms with Crippen molar-refractivity contribution in [2.45, 2.75) is 33.7 Å². The average molecular weight is 281 g/mol. The van der Waals surface area contributed by atoms with Crippen LogP contribution in [0.5, 0.6) is 0 Å². The van der Waals surface area contributed by atoms with Crippen LogP contribution in [0.3, 0.4) is 0 Å². The van der Waals surface area contributed by atoms with Gasteiger partial charge >= 0.3 is 0 Å². The van der Waals surface area contributed by atoms with Gasteiger partial charge in [-0.25, -0.2) is 0 Å². The van der Waals surface area contributed by atoms with Crippen LogP contribution in [-0.4, -0.2) is 22.8 Å². The first-order chi connectivity index (χ1) is 9.82. The predicted octanol–water partition coefficient (Wildman–Crippen LogP) is 3.87. The van der Waals surface area contributed by atoms with Crippen molar-refractivity contribution >= 4 is 22.6 Å². The van der Waals surface area contributed by atoms with E-state index in [0.717, 1.165) is 10.8 Å². The van der Waals surface area contributed by atoms with E-state index < -0.39 is 0 Å². The number of amides is 2. The lowest BCUT2D eigenvalue weighted by atomic mass is 9.84. The largest absolute Gasteiger partial charge is 0.271 e. The molecule has 0 saturated carbocycles. The normalized spacial score (nSPS) is 16.5. The lowest BCUT2D eigenvalue weighted by Gasteiger charge is -2.38. The fraction of sp³-hybridized carbons (Fsp3) is 0.333. The van der Waals surface area contributed by atoms with Gasteiger partial charge in [-0.05, 0) is 29.9 Å². The molecule has 2 aromatic rings. The molecule has 3 rings (SSSR count). The molecule has 0 radical (unpaired) electrons. The summed E-state index contributed by atoms with van der Waals surface area (Å²) in [5.41, 5.74) is 1.09. The summed E-state index contributed by atoms with van der Waals surface area (Å²) in [5, 5.41) is 1.72. The van der Waals surface area contributed by atoms with Gasteiger partial charge in [-0.2, -0.15) is 0 Å². The number of rotatable bonds is 1. The van der Waals surface area contributed by atoms with Crippen LogP contribution >= 0.6 is 0 Å². The highest BCUT2D eigenvalue weighted by molar-refractivity contribution is 6.25. The van der Waals surface area contributed by atoms with Crippen LogP contribution in [-0.2, 0) is 0 Å². The van der Waals surface area contributed by atoms with E-state index in [1.54, 1.807) is 0 Å². The monoisotopic (exact) mass is 281 g/mol. The third-order valence-corrected chi connectivity index (χ3v) is 4.44. The van der Waals surface area contributed by atoms with Crippen molar-refractivity contribution in [3.05, 3.63) is 47.5 Å². The number of hydrogen-bond acceptors (Lipinski definition) is 2. The lowest BCUT2D eigenvalue weighted by molar-refractivity contribution is 0.0439. The standard InChI is InChI=1S/C18H19NO2/c1-11(18(2,3)4)19-16(20)13-9-5-7-12-8-6-10-14(15(12)13)17(19)21/h5-11H,1-4H3. The molecule has 3 heteroatoms. The molecular formula is C18H19NO2. The molecule has 108 valence electrons. The van der Waals surface area contributed by atoms with E-state index in [0.29, 0.717) is 11.1 Å². The number of hydrogen-bond donors (Lipinski definition) is 0. The summed E-state index contributed by atoms with van der Waals surface area (Å²) in [4.78, 5) is 27.0. The molecule has 21 heavy (non-hydrogen) atoms. The van der Waals surface area contributed by atoms with Crippen LogP contribution in [0, 0.1) is 5.41 Å². The lowest BCUT2D eigenvalue weighted by Crippen LogP contribution is -2.50. The Hall–Kier alpha value is -2.16. The summed E-state index contributed by atoms with van der Waals surface area (Å²) in [7, 11) is 0. The van der Waals surface area contributed by atoms with E-state index in [1.165, 1.54) is 4.90 Å². The van der Waals surface area contributed by atoms with Crippen LogP contribution in [0.1, 0.15) is 48.4 Å². The van der Waals surface area contributed by atoms with E-state index in [4.69, 9.17) is 0 Å². The van der Waals surface area contributed by atoms with Gasteiger partial charge in [-0.1, -0.05) is 45.0 Å². The van der Waals surface area contributed by atoms with Crippen molar-refractivity contribution in [2.24, 2.45) is 5.41 Å². The van der Waals surface area contributed by atoms with Crippen molar-refractivity contribution < 1.29 is 9.59 Å². The molecule has 0 N–H and O–H groups in total. The molecule has 0 aromatic heterocycles. The number of imide groups is 1. The Labute approximate surface area is 124 Å². The Balaban J connectivity index is 2.25. The molecule has 1 aliphatic heterocycles. The molecule has 2 amide bonds. The smallest absolute Gasteiger partial charge is 0.261 e. The molecule has 3 nitrogen and oxygen atoms in total. The van der Waals surface area contributed by atoms with Crippen molar-refractivity contribution in [2.75, 3.05) is 0 Å². The first-order valence-electron chi connectivity index (χ1n) is 7.22. The maximum absolute atomic E-state index is 12.8. The van der Waals surface area contributed by atoms with Gasteiger partial charge in [0, 0.05) is 22.6 Å². The van der Waals surface area contributed by atoms with Crippen LogP contribution < -0.4 is 0 Å². The molecule has 0 bridgehead atoms. The van der Waals surface area contributed by atoms with Crippen molar-refractivity contribution in [1.82, 2.24) is 4.90 Å². The minimum atomic E-state index is -0.188. The molecule has 0 saturated heterocycles. The third-order valence-electron chi connectivity index (χ3n) is 4.44. The van der Waals surface area contributed by atoms with Gasteiger partial charge in [0.15, 0.2) is 0 Å². The molecule has 1 unspecified atom stereocenters. The number of carbonyl (C=O) groups excluding carboxylic acids is 2. The highest BCUT2D eigenvalue weighted by atomic mass is 16.2. The van der Waals surface area contributed by atoms with E-state index in [-0.39, 0.29) is 23.3 Å². The first kappa shape index (κ1) is 13.8. The summed E-state index contributed by atoms with van der Waals surface area (Å²) in [5.74, 6) is -0.376. The van der Waals surface area contributed by atoms with Gasteiger partial charge in [0.05, 0.1) is 0 Å². The Morgan fingerprint density at radius 2 is 1.38 bits per heavy atom. The average Bonchev–Trinajstić information content (AvgIpc) is 2.43. The zero-order chi connectivity index (χ0) is 15.4. The zero-order valence-corrected chi connectivity index (χ0v) is 12.8. The highest BCUT2D eigenvalue weighted by Crippen LogP contribution is 2.34. The van der Waals surface area contributed by atoms with Crippen molar-refractivity contribution in [3.8, 4) is 0 Å². The third kappa shape index (κ3) is 1.96. The van der Waals surface area contributed by atoms with Crippen molar-refractivity contribution in [3.63, 3.8) is 0 Å². The Kier molecular flexibility index (Phi) is 2.90. The summed E-state index contributed by atoms with van der Waals surface area (Å²) < 4.78 is 0. The zero-order valence-electron chi connectivity index (χ0n) is 12.8. The van der Waals surface area contributed by atoms with E-state index in [2.05, 4.69) is 0 Å². The Morgan fingerprint density at radius 3 is 1.81 bits per heavy atom. The Morgan fingerprint density at radius 1 is 0.905 bits per heavy atom. The molecule has 1 aliphatic rings. The highest BCUT2D eigenvalue weighted by Gasteiger charge is 2.39. The molecule has 0 spiro atoms. The number of carbonyl (C=O) groups is 2. The molecule has 2 aromatic carbocycles. The van der Waals surface area contributed by atoms with Gasteiger partial charge in [0.1, 0.15) is 0 Å². The quantitative estimate of drug-likeness (QED) is 0.744. The number of benzene rings is 2. The second-order valence-electron chi connectivity index (χ2n) is 6.73. The fourth-order valence-electron chi connectivity index (χ4n) is 2.79. The molecule has 0 aliphatic carbocycles. The van der Waals surface area contributed by atoms with Crippen LogP contribution in [0.15, 0.2) is 36.4 Å². The van der Waals surface area contributed by atoms with E-state index in [1.807, 2.05) is 64.1 Å². The van der Waals surface area contributed by atoms with Gasteiger partial charge in [0.2, 0.25) is 0 Å².